The molecule has 0 aliphatic carbocycles. The van der Waals surface area contributed by atoms with Gasteiger partial charge < -0.3 is 14.6 Å². The number of halogens is 1. The van der Waals surface area contributed by atoms with Crippen LogP contribution in [0.25, 0.3) is 11.3 Å². The molecule has 3 rings (SSSR count). The second-order valence-electron chi connectivity index (χ2n) is 5.02. The van der Waals surface area contributed by atoms with Crippen LogP contribution >= 0.6 is 22.6 Å². The molecule has 126 valence electrons. The number of hydrazone groups is 1. The van der Waals surface area contributed by atoms with Crippen molar-refractivity contribution in [3.63, 3.8) is 0 Å². The lowest BCUT2D eigenvalue weighted by molar-refractivity contribution is 0.0693. The van der Waals surface area contributed by atoms with Gasteiger partial charge in [0, 0.05) is 5.56 Å². The highest BCUT2D eigenvalue weighted by Gasteiger charge is 2.13. The Hall–Kier alpha value is -2.88. The monoisotopic (exact) mass is 449 g/mol. The molecule has 0 spiro atoms. The fourth-order valence-electron chi connectivity index (χ4n) is 2.11. The number of carboxylic acid groups (broad SMARTS) is 1. The standard InChI is InChI=1S/C17H12IN3O4/c18-14-6-10(5-13(16(14)22)17(23)24)7-20-21-12-3-1-11(2-4-12)15-8-19-9-25-15/h1-9,21-22H,(H,23,24)/b20-7+. The van der Waals surface area contributed by atoms with Gasteiger partial charge in [-0.05, 0) is 64.6 Å². The summed E-state index contributed by atoms with van der Waals surface area (Å²) in [6.07, 6.45) is 4.49. The van der Waals surface area contributed by atoms with Crippen LogP contribution in [0.3, 0.4) is 0 Å². The Morgan fingerprint density at radius 1 is 1.28 bits per heavy atom. The van der Waals surface area contributed by atoms with Gasteiger partial charge in [-0.3, -0.25) is 5.43 Å². The molecule has 7 nitrogen and oxygen atoms in total. The summed E-state index contributed by atoms with van der Waals surface area (Å²) >= 11 is 1.87. The number of rotatable bonds is 5. The topological polar surface area (TPSA) is 108 Å². The zero-order valence-corrected chi connectivity index (χ0v) is 14.8. The molecule has 25 heavy (non-hydrogen) atoms. The van der Waals surface area contributed by atoms with Crippen LogP contribution in [0.4, 0.5) is 5.69 Å². The van der Waals surface area contributed by atoms with Gasteiger partial charge in [0.15, 0.2) is 12.2 Å². The Morgan fingerprint density at radius 3 is 2.68 bits per heavy atom. The van der Waals surface area contributed by atoms with Gasteiger partial charge >= 0.3 is 5.97 Å². The van der Waals surface area contributed by atoms with E-state index in [-0.39, 0.29) is 11.3 Å². The van der Waals surface area contributed by atoms with E-state index in [0.717, 1.165) is 11.3 Å². The number of hydrogen-bond donors (Lipinski definition) is 3. The molecule has 0 amide bonds. The number of phenols is 1. The molecule has 0 bridgehead atoms. The molecule has 0 aliphatic rings. The lowest BCUT2D eigenvalue weighted by atomic mass is 10.1. The van der Waals surface area contributed by atoms with Crippen LogP contribution < -0.4 is 5.43 Å². The van der Waals surface area contributed by atoms with Gasteiger partial charge in [0.25, 0.3) is 0 Å². The first-order valence-corrected chi connectivity index (χ1v) is 8.16. The first-order valence-electron chi connectivity index (χ1n) is 7.08. The van der Waals surface area contributed by atoms with E-state index in [1.54, 1.807) is 12.3 Å². The second-order valence-corrected chi connectivity index (χ2v) is 6.18. The second kappa shape index (κ2) is 7.34. The lowest BCUT2D eigenvalue weighted by Gasteiger charge is -2.04. The summed E-state index contributed by atoms with van der Waals surface area (Å²) in [4.78, 5) is 15.0. The minimum Gasteiger partial charge on any atom is -0.506 e. The Labute approximate surface area is 156 Å². The largest absolute Gasteiger partial charge is 0.506 e. The molecule has 0 saturated carbocycles. The molecule has 0 unspecified atom stereocenters. The Bertz CT molecular complexity index is 922. The molecule has 0 radical (unpaired) electrons. The number of aromatic carboxylic acids is 1. The van der Waals surface area contributed by atoms with E-state index < -0.39 is 5.97 Å². The van der Waals surface area contributed by atoms with Crippen LogP contribution in [0.2, 0.25) is 0 Å². The highest BCUT2D eigenvalue weighted by atomic mass is 127. The average molecular weight is 449 g/mol. The first-order chi connectivity index (χ1) is 12.0. The molecule has 0 aliphatic heterocycles. The van der Waals surface area contributed by atoms with Crippen LogP contribution in [-0.2, 0) is 0 Å². The zero-order chi connectivity index (χ0) is 17.8. The summed E-state index contributed by atoms with van der Waals surface area (Å²) in [6.45, 7) is 0. The number of carbonyl (C=O) groups is 1. The number of hydrogen-bond acceptors (Lipinski definition) is 6. The minimum atomic E-state index is -1.19. The Morgan fingerprint density at radius 2 is 2.04 bits per heavy atom. The van der Waals surface area contributed by atoms with Crippen LogP contribution in [-0.4, -0.2) is 27.4 Å². The van der Waals surface area contributed by atoms with Crippen molar-refractivity contribution in [1.82, 2.24) is 4.98 Å². The van der Waals surface area contributed by atoms with Crippen LogP contribution in [0.5, 0.6) is 5.75 Å². The van der Waals surface area contributed by atoms with Gasteiger partial charge in [0.1, 0.15) is 11.3 Å². The number of aromatic nitrogens is 1. The number of benzene rings is 2. The number of oxazole rings is 1. The van der Waals surface area contributed by atoms with Crippen molar-refractivity contribution in [3.05, 3.63) is 63.7 Å². The van der Waals surface area contributed by atoms with Crippen LogP contribution in [0, 0.1) is 3.57 Å². The molecule has 1 aromatic heterocycles. The van der Waals surface area contributed by atoms with E-state index in [4.69, 9.17) is 9.52 Å². The molecule has 0 saturated heterocycles. The highest BCUT2D eigenvalue weighted by Crippen LogP contribution is 2.26. The predicted octanol–water partition coefficient (Wildman–Crippen LogP) is 3.80. The molecule has 3 N–H and O–H groups in total. The van der Waals surface area contributed by atoms with Gasteiger partial charge in [-0.2, -0.15) is 5.10 Å². The third-order valence-corrected chi connectivity index (χ3v) is 4.15. The van der Waals surface area contributed by atoms with E-state index in [9.17, 15) is 9.90 Å². The van der Waals surface area contributed by atoms with Gasteiger partial charge in [0.2, 0.25) is 0 Å². The maximum atomic E-state index is 11.1. The van der Waals surface area contributed by atoms with Crippen molar-refractivity contribution in [2.75, 3.05) is 5.43 Å². The van der Waals surface area contributed by atoms with Crippen molar-refractivity contribution in [1.29, 1.82) is 0 Å². The fourth-order valence-corrected chi connectivity index (χ4v) is 2.76. The zero-order valence-electron chi connectivity index (χ0n) is 12.7. The third kappa shape index (κ3) is 3.97. The van der Waals surface area contributed by atoms with Crippen molar-refractivity contribution in [3.8, 4) is 17.1 Å². The number of nitrogens with one attached hydrogen (secondary N) is 1. The lowest BCUT2D eigenvalue weighted by Crippen LogP contribution is -2.00. The molecule has 0 fully saturated rings. The van der Waals surface area contributed by atoms with Crippen LogP contribution in [0.15, 0.2) is 58.5 Å². The van der Waals surface area contributed by atoms with E-state index in [2.05, 4.69) is 15.5 Å². The normalized spacial score (nSPS) is 10.9. The fraction of sp³-hybridized carbons (Fsp3) is 0. The molecule has 3 aromatic rings. The maximum absolute atomic E-state index is 11.1. The van der Waals surface area contributed by atoms with Crippen molar-refractivity contribution >= 4 is 40.5 Å². The van der Waals surface area contributed by atoms with Crippen LogP contribution in [0.1, 0.15) is 15.9 Å². The molecule has 0 atom stereocenters. The molecular weight excluding hydrogens is 437 g/mol. The summed E-state index contributed by atoms with van der Waals surface area (Å²) in [7, 11) is 0. The highest BCUT2D eigenvalue weighted by molar-refractivity contribution is 14.1. The summed E-state index contributed by atoms with van der Waals surface area (Å²) < 4.78 is 5.66. The smallest absolute Gasteiger partial charge is 0.339 e. The first kappa shape index (κ1) is 17.0. The van der Waals surface area contributed by atoms with Gasteiger partial charge in [0.05, 0.1) is 21.7 Å². The van der Waals surface area contributed by atoms with Crippen molar-refractivity contribution in [2.24, 2.45) is 5.10 Å². The summed E-state index contributed by atoms with van der Waals surface area (Å²) in [5.74, 6) is -0.766. The number of nitrogens with zero attached hydrogens (tertiary/aromatic N) is 2. The molecule has 8 heteroatoms. The van der Waals surface area contributed by atoms with E-state index in [0.29, 0.717) is 14.9 Å². The molecule has 2 aromatic carbocycles. The van der Waals surface area contributed by atoms with E-state index in [1.165, 1.54) is 18.7 Å². The average Bonchev–Trinajstić information content (AvgIpc) is 3.13. The van der Waals surface area contributed by atoms with E-state index in [1.807, 2.05) is 46.9 Å². The van der Waals surface area contributed by atoms with Gasteiger partial charge in [-0.1, -0.05) is 0 Å². The number of anilines is 1. The van der Waals surface area contributed by atoms with E-state index >= 15 is 0 Å². The third-order valence-electron chi connectivity index (χ3n) is 3.33. The van der Waals surface area contributed by atoms with Crippen molar-refractivity contribution < 1.29 is 19.4 Å². The summed E-state index contributed by atoms with van der Waals surface area (Å²) in [6, 6.07) is 10.4. The molecular formula is C17H12IN3O4. The summed E-state index contributed by atoms with van der Waals surface area (Å²) in [5.41, 5.74) is 4.91. The number of aromatic hydroxyl groups is 1. The minimum absolute atomic E-state index is 0.162. The quantitative estimate of drug-likeness (QED) is 0.311. The Kier molecular flexibility index (Phi) is 4.98. The SMILES string of the molecule is O=C(O)c1cc(/C=N/Nc2ccc(-c3cnco3)cc2)cc(I)c1O. The number of carboxylic acids is 1. The van der Waals surface area contributed by atoms with Crippen molar-refractivity contribution in [2.45, 2.75) is 0 Å². The Balaban J connectivity index is 1.72. The predicted molar refractivity (Wildman–Crippen MR) is 101 cm³/mol. The van der Waals surface area contributed by atoms with Gasteiger partial charge in [-0.25, -0.2) is 9.78 Å². The summed E-state index contributed by atoms with van der Waals surface area (Å²) in [5, 5.41) is 22.9. The van der Waals surface area contributed by atoms with Gasteiger partial charge in [-0.15, -0.1) is 0 Å². The maximum Gasteiger partial charge on any atom is 0.339 e. The molecule has 1 heterocycles.